The molecule has 0 spiro atoms. The Hall–Kier alpha value is -5.91. The van der Waals surface area contributed by atoms with Crippen molar-refractivity contribution in [3.05, 3.63) is 158 Å². The van der Waals surface area contributed by atoms with Gasteiger partial charge in [0.2, 0.25) is 5.95 Å². The molecule has 0 radical (unpaired) electrons. The molecule has 6 aromatic carbocycles. The second-order valence-corrected chi connectivity index (χ2v) is 12.4. The molecule has 216 valence electrons. The van der Waals surface area contributed by atoms with Crippen LogP contribution in [-0.4, -0.2) is 19.5 Å². The molecule has 3 heterocycles. The van der Waals surface area contributed by atoms with E-state index in [0.717, 1.165) is 44.4 Å². The summed E-state index contributed by atoms with van der Waals surface area (Å²) in [5, 5.41) is 2.39. The lowest BCUT2D eigenvalue weighted by Crippen LogP contribution is -2.06. The lowest BCUT2D eigenvalue weighted by molar-refractivity contribution is 0.955. The van der Waals surface area contributed by atoms with Crippen molar-refractivity contribution < 1.29 is 0 Å². The summed E-state index contributed by atoms with van der Waals surface area (Å²) in [6, 6.07) is 54.9. The van der Waals surface area contributed by atoms with Crippen LogP contribution in [-0.2, 0) is 0 Å². The van der Waals surface area contributed by atoms with E-state index in [0.29, 0.717) is 17.6 Å². The summed E-state index contributed by atoms with van der Waals surface area (Å²) < 4.78 is 4.70. The lowest BCUT2D eigenvalue weighted by Gasteiger charge is -2.12. The molecule has 0 unspecified atom stereocenters. The minimum absolute atomic E-state index is 0.602. The molecule has 46 heavy (non-hydrogen) atoms. The normalized spacial score (nSPS) is 11.5. The van der Waals surface area contributed by atoms with Crippen LogP contribution in [0.3, 0.4) is 0 Å². The van der Waals surface area contributed by atoms with Crippen molar-refractivity contribution in [3.63, 3.8) is 0 Å². The molecule has 0 aliphatic heterocycles. The molecular formula is C41H26N4S. The first-order valence-corrected chi connectivity index (χ1v) is 16.1. The van der Waals surface area contributed by atoms with Crippen LogP contribution < -0.4 is 0 Å². The maximum absolute atomic E-state index is 5.22. The second kappa shape index (κ2) is 10.9. The van der Waals surface area contributed by atoms with Gasteiger partial charge in [0, 0.05) is 26.6 Å². The van der Waals surface area contributed by atoms with Crippen LogP contribution in [0.1, 0.15) is 0 Å². The van der Waals surface area contributed by atoms with Crippen LogP contribution in [0.5, 0.6) is 0 Å². The molecule has 0 bridgehead atoms. The van der Waals surface area contributed by atoms with E-state index >= 15 is 0 Å². The standard InChI is InChI=1S/C41H26N4S/c1-3-13-27(14-4-1)29-17-11-19-31(25-29)39-42-40(32-20-12-18-30(26-32)28-15-5-2-6-16-28)44-41(43-39)45-35-23-9-7-21-33(35)38-37(45)34-22-8-10-24-36(34)46-38/h1-26H. The fourth-order valence-corrected chi connectivity index (χ4v) is 7.51. The highest BCUT2D eigenvalue weighted by Crippen LogP contribution is 2.42. The number of aromatic nitrogens is 4. The van der Waals surface area contributed by atoms with E-state index in [1.54, 1.807) is 0 Å². The third-order valence-electron chi connectivity index (χ3n) is 8.46. The molecule has 9 rings (SSSR count). The maximum Gasteiger partial charge on any atom is 0.238 e. The van der Waals surface area contributed by atoms with Gasteiger partial charge in [0.1, 0.15) is 0 Å². The highest BCUT2D eigenvalue weighted by Gasteiger charge is 2.21. The molecule has 0 aliphatic rings. The zero-order valence-electron chi connectivity index (χ0n) is 24.7. The van der Waals surface area contributed by atoms with Crippen molar-refractivity contribution in [2.24, 2.45) is 0 Å². The van der Waals surface area contributed by atoms with Gasteiger partial charge in [0.05, 0.1) is 15.7 Å². The van der Waals surface area contributed by atoms with Crippen LogP contribution >= 0.6 is 11.3 Å². The smallest absolute Gasteiger partial charge is 0.238 e. The fourth-order valence-electron chi connectivity index (χ4n) is 6.29. The monoisotopic (exact) mass is 606 g/mol. The molecule has 0 amide bonds. The SMILES string of the molecule is c1ccc(-c2cccc(-c3nc(-c4cccc(-c5ccccc5)c4)nc(-n4c5ccccc5c5sc6ccccc6c54)n3)c2)cc1. The summed E-state index contributed by atoms with van der Waals surface area (Å²) in [5.41, 5.74) is 8.61. The predicted molar refractivity (Wildman–Crippen MR) is 191 cm³/mol. The van der Waals surface area contributed by atoms with Gasteiger partial charge in [-0.1, -0.05) is 133 Å². The number of hydrogen-bond donors (Lipinski definition) is 0. The predicted octanol–water partition coefficient (Wildman–Crippen LogP) is 10.9. The van der Waals surface area contributed by atoms with Crippen LogP contribution in [0.15, 0.2) is 158 Å². The number of rotatable bonds is 5. The second-order valence-electron chi connectivity index (χ2n) is 11.3. The molecule has 0 fully saturated rings. The third-order valence-corrected chi connectivity index (χ3v) is 9.66. The van der Waals surface area contributed by atoms with Crippen LogP contribution in [0, 0.1) is 0 Å². The summed E-state index contributed by atoms with van der Waals surface area (Å²) in [7, 11) is 0. The van der Waals surface area contributed by atoms with E-state index in [1.165, 1.54) is 20.2 Å². The Balaban J connectivity index is 1.32. The van der Waals surface area contributed by atoms with E-state index in [4.69, 9.17) is 15.0 Å². The average Bonchev–Trinajstić information content (AvgIpc) is 3.67. The van der Waals surface area contributed by atoms with Gasteiger partial charge < -0.3 is 0 Å². The Morgan fingerprint density at radius 3 is 1.54 bits per heavy atom. The molecule has 0 atom stereocenters. The average molecular weight is 607 g/mol. The van der Waals surface area contributed by atoms with E-state index in [1.807, 2.05) is 23.5 Å². The highest BCUT2D eigenvalue weighted by molar-refractivity contribution is 7.26. The Bertz CT molecular complexity index is 2420. The van der Waals surface area contributed by atoms with Gasteiger partial charge in [0.15, 0.2) is 11.6 Å². The topological polar surface area (TPSA) is 43.6 Å². The minimum atomic E-state index is 0.602. The first kappa shape index (κ1) is 26.5. The Morgan fingerprint density at radius 1 is 0.413 bits per heavy atom. The quantitative estimate of drug-likeness (QED) is 0.196. The number of benzene rings is 6. The molecule has 0 saturated heterocycles. The van der Waals surface area contributed by atoms with Crippen LogP contribution in [0.2, 0.25) is 0 Å². The largest absolute Gasteiger partial charge is 0.276 e. The van der Waals surface area contributed by atoms with Crippen molar-refractivity contribution in [1.82, 2.24) is 19.5 Å². The Labute approximate surface area is 269 Å². The molecule has 4 nitrogen and oxygen atoms in total. The van der Waals surface area contributed by atoms with Crippen LogP contribution in [0.25, 0.3) is 82.2 Å². The van der Waals surface area contributed by atoms with Gasteiger partial charge in [0.25, 0.3) is 0 Å². The van der Waals surface area contributed by atoms with Crippen molar-refractivity contribution in [1.29, 1.82) is 0 Å². The van der Waals surface area contributed by atoms with Gasteiger partial charge in [-0.3, -0.25) is 4.57 Å². The Kier molecular flexibility index (Phi) is 6.28. The summed E-state index contributed by atoms with van der Waals surface area (Å²) in [4.78, 5) is 15.6. The number of fused-ring (bicyclic) bond motifs is 5. The van der Waals surface area contributed by atoms with E-state index < -0.39 is 0 Å². The van der Waals surface area contributed by atoms with Crippen molar-refractivity contribution in [3.8, 4) is 51.0 Å². The van der Waals surface area contributed by atoms with Crippen molar-refractivity contribution >= 4 is 42.5 Å². The summed E-state index contributed by atoms with van der Waals surface area (Å²) in [5.74, 6) is 1.87. The first-order chi connectivity index (χ1) is 22.8. The highest BCUT2D eigenvalue weighted by atomic mass is 32.1. The van der Waals surface area contributed by atoms with Gasteiger partial charge in [-0.05, 0) is 46.5 Å². The number of hydrogen-bond acceptors (Lipinski definition) is 4. The van der Waals surface area contributed by atoms with Crippen LogP contribution in [0.4, 0.5) is 0 Å². The molecule has 5 heteroatoms. The van der Waals surface area contributed by atoms with Gasteiger partial charge >= 0.3 is 0 Å². The fraction of sp³-hybridized carbons (Fsp3) is 0. The summed E-state index contributed by atoms with van der Waals surface area (Å²) in [6.07, 6.45) is 0. The summed E-state index contributed by atoms with van der Waals surface area (Å²) >= 11 is 1.81. The van der Waals surface area contributed by atoms with Gasteiger partial charge in [-0.15, -0.1) is 11.3 Å². The number of para-hydroxylation sites is 1. The molecular weight excluding hydrogens is 581 g/mol. The van der Waals surface area contributed by atoms with E-state index in [2.05, 4.69) is 150 Å². The van der Waals surface area contributed by atoms with Crippen molar-refractivity contribution in [2.75, 3.05) is 0 Å². The van der Waals surface area contributed by atoms with Gasteiger partial charge in [-0.2, -0.15) is 9.97 Å². The zero-order valence-corrected chi connectivity index (χ0v) is 25.5. The maximum atomic E-state index is 5.22. The first-order valence-electron chi connectivity index (χ1n) is 15.3. The molecule has 3 aromatic heterocycles. The van der Waals surface area contributed by atoms with E-state index in [-0.39, 0.29) is 0 Å². The minimum Gasteiger partial charge on any atom is -0.276 e. The lowest BCUT2D eigenvalue weighted by atomic mass is 10.0. The molecule has 0 aliphatic carbocycles. The zero-order chi connectivity index (χ0) is 30.5. The third kappa shape index (κ3) is 4.48. The van der Waals surface area contributed by atoms with Crippen molar-refractivity contribution in [2.45, 2.75) is 0 Å². The Morgan fingerprint density at radius 2 is 0.913 bits per heavy atom. The molecule has 0 N–H and O–H groups in total. The van der Waals surface area contributed by atoms with E-state index in [9.17, 15) is 0 Å². The number of nitrogens with zero attached hydrogens (tertiary/aromatic N) is 4. The summed E-state index contributed by atoms with van der Waals surface area (Å²) in [6.45, 7) is 0. The number of thiophene rings is 1. The molecule has 0 saturated carbocycles. The van der Waals surface area contributed by atoms with Gasteiger partial charge in [-0.25, -0.2) is 4.98 Å². The molecule has 9 aromatic rings.